The molecule has 1 saturated heterocycles. The number of nitrogens with zero attached hydrogens (tertiary/aromatic N) is 1. The van der Waals surface area contributed by atoms with E-state index >= 15 is 0 Å². The van der Waals surface area contributed by atoms with Gasteiger partial charge in [0.2, 0.25) is 0 Å². The van der Waals surface area contributed by atoms with Gasteiger partial charge >= 0.3 is 6.03 Å². The molecule has 0 saturated carbocycles. The smallest absolute Gasteiger partial charge is 0.325 e. The molecule has 2 aromatic rings. The summed E-state index contributed by atoms with van der Waals surface area (Å²) >= 11 is 0. The second-order valence-corrected chi connectivity index (χ2v) is 7.82. The first kappa shape index (κ1) is 21.6. The van der Waals surface area contributed by atoms with Crippen molar-refractivity contribution in [3.8, 4) is 11.5 Å². The number of aliphatic hydroxyl groups excluding tert-OH is 1. The van der Waals surface area contributed by atoms with E-state index in [1.807, 2.05) is 32.9 Å². The first-order valence-electron chi connectivity index (χ1n) is 9.83. The summed E-state index contributed by atoms with van der Waals surface area (Å²) in [4.78, 5) is 26.5. The number of aliphatic hydroxyl groups is 1. The van der Waals surface area contributed by atoms with Crippen LogP contribution in [0.3, 0.4) is 0 Å². The molecule has 0 aromatic heterocycles. The molecule has 0 spiro atoms. The summed E-state index contributed by atoms with van der Waals surface area (Å²) in [5.41, 5.74) is 2.50. The minimum absolute atomic E-state index is 0.0263. The van der Waals surface area contributed by atoms with Gasteiger partial charge in [0.25, 0.3) is 5.91 Å². The maximum absolute atomic E-state index is 13.0. The molecule has 2 aromatic carbocycles. The third-order valence-electron chi connectivity index (χ3n) is 5.63. The van der Waals surface area contributed by atoms with Crippen LogP contribution in [0.25, 0.3) is 0 Å². The molecule has 0 bridgehead atoms. The molecule has 0 aliphatic carbocycles. The molecule has 2 N–H and O–H groups in total. The molecular weight excluding hydrogens is 384 g/mol. The van der Waals surface area contributed by atoms with Crippen LogP contribution in [0.15, 0.2) is 36.4 Å². The molecule has 1 heterocycles. The fourth-order valence-corrected chi connectivity index (χ4v) is 3.57. The monoisotopic (exact) mass is 412 g/mol. The number of imide groups is 1. The lowest BCUT2D eigenvalue weighted by Crippen LogP contribution is -2.42. The normalized spacial score (nSPS) is 19.6. The summed E-state index contributed by atoms with van der Waals surface area (Å²) in [6.45, 7) is 7.36. The number of hydrogen-bond donors (Lipinski definition) is 2. The Labute approximate surface area is 176 Å². The van der Waals surface area contributed by atoms with Crippen molar-refractivity contribution >= 4 is 11.9 Å². The van der Waals surface area contributed by atoms with Crippen LogP contribution in [-0.2, 0) is 10.3 Å². The Morgan fingerprint density at radius 2 is 1.70 bits per heavy atom. The van der Waals surface area contributed by atoms with Gasteiger partial charge in [0.05, 0.1) is 13.7 Å². The zero-order chi connectivity index (χ0) is 22.1. The van der Waals surface area contributed by atoms with Crippen molar-refractivity contribution in [3.63, 3.8) is 0 Å². The number of rotatable bonds is 7. The molecule has 3 rings (SSSR count). The zero-order valence-electron chi connectivity index (χ0n) is 18.0. The maximum atomic E-state index is 13.0. The number of nitrogens with one attached hydrogen (secondary N) is 1. The number of benzene rings is 2. The Morgan fingerprint density at radius 1 is 1.07 bits per heavy atom. The lowest BCUT2D eigenvalue weighted by molar-refractivity contribution is -0.132. The van der Waals surface area contributed by atoms with Gasteiger partial charge in [0.1, 0.15) is 29.7 Å². The number of methoxy groups -OCH3 is 1. The molecule has 7 heteroatoms. The summed E-state index contributed by atoms with van der Waals surface area (Å²) in [7, 11) is 1.56. The first-order valence-corrected chi connectivity index (χ1v) is 9.83. The average Bonchev–Trinajstić information content (AvgIpc) is 2.95. The van der Waals surface area contributed by atoms with Gasteiger partial charge in [-0.1, -0.05) is 24.3 Å². The van der Waals surface area contributed by atoms with E-state index < -0.39 is 23.6 Å². The SMILES string of the molecule is COc1ccc([C@@]2(C)NC(=O)N(C[C@H](O)COc3c(C)ccc(C)c3C)C2=O)cc1. The van der Waals surface area contributed by atoms with Crippen LogP contribution in [-0.4, -0.2) is 48.3 Å². The molecule has 7 nitrogen and oxygen atoms in total. The highest BCUT2D eigenvalue weighted by Gasteiger charge is 2.49. The molecule has 160 valence electrons. The highest BCUT2D eigenvalue weighted by molar-refractivity contribution is 6.07. The van der Waals surface area contributed by atoms with Gasteiger partial charge in [-0.2, -0.15) is 0 Å². The summed E-state index contributed by atoms with van der Waals surface area (Å²) in [5, 5.41) is 13.2. The van der Waals surface area contributed by atoms with Crippen LogP contribution in [0.2, 0.25) is 0 Å². The zero-order valence-corrected chi connectivity index (χ0v) is 18.0. The van der Waals surface area contributed by atoms with E-state index in [-0.39, 0.29) is 13.2 Å². The number of ether oxygens (including phenoxy) is 2. The Bertz CT molecular complexity index is 957. The predicted octanol–water partition coefficient (Wildman–Crippen LogP) is 2.83. The number of urea groups is 1. The fraction of sp³-hybridized carbons (Fsp3) is 0.391. The molecule has 30 heavy (non-hydrogen) atoms. The maximum Gasteiger partial charge on any atom is 0.325 e. The van der Waals surface area contributed by atoms with Gasteiger partial charge in [-0.3, -0.25) is 9.69 Å². The van der Waals surface area contributed by atoms with E-state index in [2.05, 4.69) is 5.32 Å². The topological polar surface area (TPSA) is 88.1 Å². The van der Waals surface area contributed by atoms with Crippen LogP contribution in [0.4, 0.5) is 4.79 Å². The van der Waals surface area contributed by atoms with E-state index in [0.29, 0.717) is 17.1 Å². The minimum Gasteiger partial charge on any atom is -0.497 e. The van der Waals surface area contributed by atoms with Gasteiger partial charge in [0, 0.05) is 0 Å². The highest BCUT2D eigenvalue weighted by Crippen LogP contribution is 2.30. The van der Waals surface area contributed by atoms with E-state index in [1.165, 1.54) is 0 Å². The van der Waals surface area contributed by atoms with Crippen molar-refractivity contribution < 1.29 is 24.2 Å². The van der Waals surface area contributed by atoms with E-state index in [9.17, 15) is 14.7 Å². The van der Waals surface area contributed by atoms with Crippen LogP contribution >= 0.6 is 0 Å². The summed E-state index contributed by atoms with van der Waals surface area (Å²) in [6.07, 6.45) is -1.02. The van der Waals surface area contributed by atoms with Crippen molar-refractivity contribution in [2.75, 3.05) is 20.3 Å². The Kier molecular flexibility index (Phi) is 6.03. The van der Waals surface area contributed by atoms with Gasteiger partial charge in [-0.25, -0.2) is 4.79 Å². The Hall–Kier alpha value is -3.06. The van der Waals surface area contributed by atoms with Crippen molar-refractivity contribution in [2.45, 2.75) is 39.3 Å². The van der Waals surface area contributed by atoms with Crippen molar-refractivity contribution in [3.05, 3.63) is 58.7 Å². The summed E-state index contributed by atoms with van der Waals surface area (Å²) in [5.74, 6) is 0.958. The standard InChI is InChI=1S/C23H28N2O5/c1-14-6-7-15(2)20(16(14)3)30-13-18(26)12-25-21(27)23(4,24-22(25)28)17-8-10-19(29-5)11-9-17/h6-11,18,26H,12-13H2,1-5H3,(H,24,28)/t18-,23+/m0/s1. The molecule has 3 amide bonds. The van der Waals surface area contributed by atoms with Crippen LogP contribution < -0.4 is 14.8 Å². The number of aryl methyl sites for hydroxylation is 2. The van der Waals surface area contributed by atoms with E-state index in [0.717, 1.165) is 21.6 Å². The number of amides is 3. The minimum atomic E-state index is -1.20. The van der Waals surface area contributed by atoms with Crippen LogP contribution in [0.1, 0.15) is 29.2 Å². The van der Waals surface area contributed by atoms with Gasteiger partial charge in [-0.15, -0.1) is 0 Å². The van der Waals surface area contributed by atoms with Crippen molar-refractivity contribution in [2.24, 2.45) is 0 Å². The van der Waals surface area contributed by atoms with E-state index in [1.54, 1.807) is 38.3 Å². The number of carbonyl (C=O) groups excluding carboxylic acids is 2. The quantitative estimate of drug-likeness (QED) is 0.683. The van der Waals surface area contributed by atoms with Gasteiger partial charge in [0.15, 0.2) is 0 Å². The summed E-state index contributed by atoms with van der Waals surface area (Å²) < 4.78 is 11.0. The van der Waals surface area contributed by atoms with Gasteiger partial charge in [-0.05, 0) is 62.1 Å². The second kappa shape index (κ2) is 8.36. The predicted molar refractivity (Wildman–Crippen MR) is 113 cm³/mol. The first-order chi connectivity index (χ1) is 14.2. The molecule has 1 fully saturated rings. The third-order valence-corrected chi connectivity index (χ3v) is 5.63. The average molecular weight is 412 g/mol. The molecular formula is C23H28N2O5. The molecule has 1 aliphatic heterocycles. The number of hydrogen-bond acceptors (Lipinski definition) is 5. The number of carbonyl (C=O) groups is 2. The lowest BCUT2D eigenvalue weighted by Gasteiger charge is -2.23. The second-order valence-electron chi connectivity index (χ2n) is 7.82. The molecule has 2 atom stereocenters. The molecule has 0 unspecified atom stereocenters. The number of β-amino-alcohol motifs (C(OH)–C–C–N with tert-alkyl or cyclic N) is 1. The molecule has 1 aliphatic rings. The van der Waals surface area contributed by atoms with Crippen molar-refractivity contribution in [1.82, 2.24) is 10.2 Å². The lowest BCUT2D eigenvalue weighted by atomic mass is 9.92. The molecule has 0 radical (unpaired) electrons. The third kappa shape index (κ3) is 3.98. The van der Waals surface area contributed by atoms with Crippen LogP contribution in [0.5, 0.6) is 11.5 Å². The van der Waals surface area contributed by atoms with Crippen LogP contribution in [0, 0.1) is 20.8 Å². The van der Waals surface area contributed by atoms with E-state index in [4.69, 9.17) is 9.47 Å². The van der Waals surface area contributed by atoms with Crippen molar-refractivity contribution in [1.29, 1.82) is 0 Å². The Morgan fingerprint density at radius 3 is 2.33 bits per heavy atom. The highest BCUT2D eigenvalue weighted by atomic mass is 16.5. The largest absolute Gasteiger partial charge is 0.497 e. The summed E-state index contributed by atoms with van der Waals surface area (Å²) in [6, 6.07) is 10.4. The Balaban J connectivity index is 1.68. The fourth-order valence-electron chi connectivity index (χ4n) is 3.57. The van der Waals surface area contributed by atoms with Gasteiger partial charge < -0.3 is 19.9 Å².